The lowest BCUT2D eigenvalue weighted by molar-refractivity contribution is 0.0628. The number of rotatable bonds is 8. The molecule has 2 N–H and O–H groups in total. The van der Waals surface area contributed by atoms with Crippen LogP contribution in [0.2, 0.25) is 0 Å². The first-order chi connectivity index (χ1) is 9.54. The SMILES string of the molecule is CCC(N)C(c1cccc(C)c1)N(CC)C(C)COC. The van der Waals surface area contributed by atoms with Crippen LogP contribution in [0, 0.1) is 6.92 Å². The van der Waals surface area contributed by atoms with Crippen LogP contribution < -0.4 is 5.73 Å². The quantitative estimate of drug-likeness (QED) is 0.794. The molecule has 0 saturated heterocycles. The Labute approximate surface area is 124 Å². The standard InChI is InChI=1S/C17H30N2O/c1-6-16(18)17(15-10-8-9-13(3)11-15)19(7-2)14(4)12-20-5/h8-11,14,16-17H,6-7,12,18H2,1-5H3. The Morgan fingerprint density at radius 1 is 1.30 bits per heavy atom. The lowest BCUT2D eigenvalue weighted by Crippen LogP contribution is -2.46. The smallest absolute Gasteiger partial charge is 0.0615 e. The van der Waals surface area contributed by atoms with Gasteiger partial charge in [0, 0.05) is 19.2 Å². The molecule has 0 bridgehead atoms. The number of likely N-dealkylation sites (N-methyl/N-ethyl adjacent to an activating group) is 1. The molecule has 3 atom stereocenters. The number of ether oxygens (including phenoxy) is 1. The molecule has 114 valence electrons. The van der Waals surface area contributed by atoms with E-state index in [4.69, 9.17) is 10.5 Å². The normalized spacial score (nSPS) is 16.1. The Bertz CT molecular complexity index is 394. The summed E-state index contributed by atoms with van der Waals surface area (Å²) in [6.07, 6.45) is 0.967. The fourth-order valence-corrected chi connectivity index (χ4v) is 2.88. The highest BCUT2D eigenvalue weighted by atomic mass is 16.5. The fourth-order valence-electron chi connectivity index (χ4n) is 2.88. The predicted octanol–water partition coefficient (Wildman–Crippen LogP) is 3.13. The molecule has 0 fully saturated rings. The molecular formula is C17H30N2O. The van der Waals surface area contributed by atoms with Gasteiger partial charge in [-0.2, -0.15) is 0 Å². The van der Waals surface area contributed by atoms with Gasteiger partial charge in [-0.1, -0.05) is 43.7 Å². The second-order valence-corrected chi connectivity index (χ2v) is 5.57. The molecular weight excluding hydrogens is 248 g/mol. The van der Waals surface area contributed by atoms with Crippen LogP contribution in [0.3, 0.4) is 0 Å². The molecule has 0 spiro atoms. The summed E-state index contributed by atoms with van der Waals surface area (Å²) in [7, 11) is 1.76. The Morgan fingerprint density at radius 2 is 2.00 bits per heavy atom. The zero-order valence-corrected chi connectivity index (χ0v) is 13.6. The molecule has 0 saturated carbocycles. The summed E-state index contributed by atoms with van der Waals surface area (Å²) in [5, 5.41) is 0. The fraction of sp³-hybridized carbons (Fsp3) is 0.647. The number of methoxy groups -OCH3 is 1. The maximum Gasteiger partial charge on any atom is 0.0615 e. The molecule has 0 aliphatic carbocycles. The first kappa shape index (κ1) is 17.2. The summed E-state index contributed by atoms with van der Waals surface area (Å²) in [6, 6.07) is 9.43. The number of nitrogens with two attached hydrogens (primary N) is 1. The molecule has 0 radical (unpaired) electrons. The van der Waals surface area contributed by atoms with E-state index in [-0.39, 0.29) is 12.1 Å². The van der Waals surface area contributed by atoms with E-state index in [0.29, 0.717) is 6.04 Å². The van der Waals surface area contributed by atoms with Gasteiger partial charge in [0.1, 0.15) is 0 Å². The molecule has 20 heavy (non-hydrogen) atoms. The largest absolute Gasteiger partial charge is 0.383 e. The number of nitrogens with zero attached hydrogens (tertiary/aromatic N) is 1. The highest BCUT2D eigenvalue weighted by molar-refractivity contribution is 5.26. The summed E-state index contributed by atoms with van der Waals surface area (Å²) in [4.78, 5) is 2.45. The lowest BCUT2D eigenvalue weighted by atomic mass is 9.94. The molecule has 3 heteroatoms. The van der Waals surface area contributed by atoms with E-state index in [2.05, 4.69) is 56.9 Å². The molecule has 0 aromatic heterocycles. The van der Waals surface area contributed by atoms with Crippen molar-refractivity contribution in [3.63, 3.8) is 0 Å². The molecule has 0 aliphatic heterocycles. The number of hydrogen-bond donors (Lipinski definition) is 1. The number of hydrogen-bond acceptors (Lipinski definition) is 3. The Balaban J connectivity index is 3.10. The van der Waals surface area contributed by atoms with Gasteiger partial charge in [-0.15, -0.1) is 0 Å². The maximum atomic E-state index is 6.43. The van der Waals surface area contributed by atoms with E-state index in [1.54, 1.807) is 7.11 Å². The highest BCUT2D eigenvalue weighted by Crippen LogP contribution is 2.27. The van der Waals surface area contributed by atoms with Crippen molar-refractivity contribution in [2.24, 2.45) is 5.73 Å². The summed E-state index contributed by atoms with van der Waals surface area (Å²) in [5.41, 5.74) is 9.02. The summed E-state index contributed by atoms with van der Waals surface area (Å²) in [5.74, 6) is 0. The first-order valence-electron chi connectivity index (χ1n) is 7.61. The van der Waals surface area contributed by atoms with E-state index < -0.39 is 0 Å². The topological polar surface area (TPSA) is 38.5 Å². The van der Waals surface area contributed by atoms with E-state index in [0.717, 1.165) is 19.6 Å². The van der Waals surface area contributed by atoms with Crippen molar-refractivity contribution >= 4 is 0 Å². The maximum absolute atomic E-state index is 6.43. The van der Waals surface area contributed by atoms with Crippen LogP contribution in [0.4, 0.5) is 0 Å². The Hall–Kier alpha value is -0.900. The minimum atomic E-state index is 0.135. The summed E-state index contributed by atoms with van der Waals surface area (Å²) < 4.78 is 5.33. The van der Waals surface area contributed by atoms with Gasteiger partial charge >= 0.3 is 0 Å². The van der Waals surface area contributed by atoms with Gasteiger partial charge < -0.3 is 10.5 Å². The Morgan fingerprint density at radius 3 is 2.50 bits per heavy atom. The van der Waals surface area contributed by atoms with Crippen molar-refractivity contribution < 1.29 is 4.74 Å². The van der Waals surface area contributed by atoms with Gasteiger partial charge in [-0.05, 0) is 32.4 Å². The first-order valence-corrected chi connectivity index (χ1v) is 7.61. The number of aryl methyl sites for hydroxylation is 1. The van der Waals surface area contributed by atoms with Crippen molar-refractivity contribution in [2.75, 3.05) is 20.3 Å². The van der Waals surface area contributed by atoms with Gasteiger partial charge in [0.25, 0.3) is 0 Å². The van der Waals surface area contributed by atoms with Gasteiger partial charge in [0.05, 0.1) is 12.6 Å². The van der Waals surface area contributed by atoms with E-state index in [1.807, 2.05) is 0 Å². The zero-order chi connectivity index (χ0) is 15.1. The number of benzene rings is 1. The van der Waals surface area contributed by atoms with Crippen LogP contribution in [0.25, 0.3) is 0 Å². The van der Waals surface area contributed by atoms with Gasteiger partial charge in [0.2, 0.25) is 0 Å². The van der Waals surface area contributed by atoms with E-state index in [1.165, 1.54) is 11.1 Å². The molecule has 0 amide bonds. The molecule has 1 rings (SSSR count). The Kier molecular flexibility index (Phi) is 7.20. The molecule has 0 heterocycles. The van der Waals surface area contributed by atoms with Crippen molar-refractivity contribution in [3.05, 3.63) is 35.4 Å². The van der Waals surface area contributed by atoms with Crippen molar-refractivity contribution in [1.82, 2.24) is 4.90 Å². The van der Waals surface area contributed by atoms with Crippen LogP contribution in [0.15, 0.2) is 24.3 Å². The minimum absolute atomic E-state index is 0.135. The third-order valence-corrected chi connectivity index (χ3v) is 3.96. The summed E-state index contributed by atoms with van der Waals surface area (Å²) in [6.45, 7) is 10.4. The van der Waals surface area contributed by atoms with Crippen LogP contribution in [-0.2, 0) is 4.74 Å². The van der Waals surface area contributed by atoms with E-state index in [9.17, 15) is 0 Å². The lowest BCUT2D eigenvalue weighted by Gasteiger charge is -2.39. The van der Waals surface area contributed by atoms with Crippen LogP contribution in [0.1, 0.15) is 44.4 Å². The van der Waals surface area contributed by atoms with Gasteiger partial charge in [-0.25, -0.2) is 0 Å². The average Bonchev–Trinajstić information content (AvgIpc) is 2.43. The summed E-state index contributed by atoms with van der Waals surface area (Å²) >= 11 is 0. The van der Waals surface area contributed by atoms with Crippen molar-refractivity contribution in [3.8, 4) is 0 Å². The van der Waals surface area contributed by atoms with Crippen LogP contribution in [0.5, 0.6) is 0 Å². The second kappa shape index (κ2) is 8.40. The predicted molar refractivity (Wildman–Crippen MR) is 85.9 cm³/mol. The van der Waals surface area contributed by atoms with Crippen LogP contribution >= 0.6 is 0 Å². The zero-order valence-electron chi connectivity index (χ0n) is 13.6. The third-order valence-electron chi connectivity index (χ3n) is 3.96. The minimum Gasteiger partial charge on any atom is -0.383 e. The molecule has 3 nitrogen and oxygen atoms in total. The molecule has 0 aliphatic rings. The molecule has 3 unspecified atom stereocenters. The molecule has 1 aromatic carbocycles. The van der Waals surface area contributed by atoms with E-state index >= 15 is 0 Å². The van der Waals surface area contributed by atoms with Crippen LogP contribution in [-0.4, -0.2) is 37.2 Å². The van der Waals surface area contributed by atoms with Gasteiger partial charge in [-0.3, -0.25) is 4.90 Å². The second-order valence-electron chi connectivity index (χ2n) is 5.57. The third kappa shape index (κ3) is 4.30. The highest BCUT2D eigenvalue weighted by Gasteiger charge is 2.28. The van der Waals surface area contributed by atoms with Crippen molar-refractivity contribution in [2.45, 2.75) is 52.2 Å². The molecule has 1 aromatic rings. The van der Waals surface area contributed by atoms with Gasteiger partial charge in [0.15, 0.2) is 0 Å². The monoisotopic (exact) mass is 278 g/mol. The van der Waals surface area contributed by atoms with Crippen molar-refractivity contribution in [1.29, 1.82) is 0 Å². The average molecular weight is 278 g/mol.